The molecule has 2 atom stereocenters. The third-order valence-corrected chi connectivity index (χ3v) is 5.98. The minimum absolute atomic E-state index is 0.124. The fourth-order valence-corrected chi connectivity index (χ4v) is 4.29. The molecule has 0 amide bonds. The van der Waals surface area contributed by atoms with Crippen molar-refractivity contribution < 1.29 is 18.9 Å². The van der Waals surface area contributed by atoms with Gasteiger partial charge in [-0.25, -0.2) is 4.21 Å². The fraction of sp³-hybridized carbons (Fsp3) is 0.143. The van der Waals surface area contributed by atoms with Gasteiger partial charge in [0.1, 0.15) is 6.26 Å². The summed E-state index contributed by atoms with van der Waals surface area (Å²) in [6, 6.07) is 14.7. The molecule has 2 unspecified atom stereocenters. The normalized spacial score (nSPS) is 13.3. The Morgan fingerprint density at radius 3 is 2.74 bits per heavy atom. The van der Waals surface area contributed by atoms with Crippen LogP contribution in [0.5, 0.6) is 0 Å². The van der Waals surface area contributed by atoms with E-state index in [0.717, 1.165) is 0 Å². The molecule has 0 aliphatic rings. The van der Waals surface area contributed by atoms with E-state index in [-0.39, 0.29) is 12.0 Å². The third kappa shape index (κ3) is 4.54. The molecule has 0 fully saturated rings. The maximum absolute atomic E-state index is 12.8. The van der Waals surface area contributed by atoms with Gasteiger partial charge in [0, 0.05) is 29.0 Å². The summed E-state index contributed by atoms with van der Waals surface area (Å²) in [4.78, 5) is 13.3. The summed E-state index contributed by atoms with van der Waals surface area (Å²) in [6.07, 6.45) is 0.508. The first-order valence-electron chi connectivity index (χ1n) is 9.28. The highest BCUT2D eigenvalue weighted by molar-refractivity contribution is 7.86. The number of pyridine rings is 1. The predicted octanol–water partition coefficient (Wildman–Crippen LogP) is 2.66. The second kappa shape index (κ2) is 9.03. The standard InChI is InChI=1S/C21H18ClN3O5S/c22-15-2-4-19(14(9-15)10-16(27)12-26)25-18-5-3-17(11-13(18)1-6-21(25)28)31(29)24-20-7-8-30-23-20/h1-9,11,16,26-27H,10,12H2,(H,23,24). The van der Waals surface area contributed by atoms with E-state index in [9.17, 15) is 19.2 Å². The Morgan fingerprint density at radius 1 is 1.16 bits per heavy atom. The number of hydrogen-bond acceptors (Lipinski definition) is 6. The van der Waals surface area contributed by atoms with E-state index in [4.69, 9.17) is 16.1 Å². The van der Waals surface area contributed by atoms with Crippen LogP contribution in [0, 0.1) is 0 Å². The summed E-state index contributed by atoms with van der Waals surface area (Å²) in [5.41, 5.74) is 1.48. The molecule has 160 valence electrons. The van der Waals surface area contributed by atoms with Crippen LogP contribution in [0.2, 0.25) is 5.02 Å². The maximum atomic E-state index is 12.8. The Balaban J connectivity index is 1.80. The fourth-order valence-electron chi connectivity index (χ4n) is 3.26. The highest BCUT2D eigenvalue weighted by Crippen LogP contribution is 2.25. The molecule has 4 rings (SSSR count). The zero-order chi connectivity index (χ0) is 22.0. The van der Waals surface area contributed by atoms with Crippen LogP contribution in [-0.4, -0.2) is 36.9 Å². The molecular formula is C21H18ClN3O5S. The van der Waals surface area contributed by atoms with Crippen molar-refractivity contribution in [1.29, 1.82) is 0 Å². The van der Waals surface area contributed by atoms with Crippen LogP contribution < -0.4 is 10.3 Å². The second-order valence-corrected chi connectivity index (χ2v) is 8.45. The lowest BCUT2D eigenvalue weighted by Gasteiger charge is -2.17. The largest absolute Gasteiger partial charge is 0.394 e. The summed E-state index contributed by atoms with van der Waals surface area (Å²) < 4.78 is 21.6. The van der Waals surface area contributed by atoms with Crippen LogP contribution in [0.1, 0.15) is 5.56 Å². The molecule has 0 saturated heterocycles. The molecule has 8 nitrogen and oxygen atoms in total. The van der Waals surface area contributed by atoms with Crippen molar-refractivity contribution in [2.45, 2.75) is 17.4 Å². The van der Waals surface area contributed by atoms with E-state index in [1.54, 1.807) is 48.5 Å². The Kier molecular flexibility index (Phi) is 6.19. The number of aromatic nitrogens is 2. The number of rotatable bonds is 7. The van der Waals surface area contributed by atoms with Crippen molar-refractivity contribution in [2.24, 2.45) is 0 Å². The third-order valence-electron chi connectivity index (χ3n) is 4.66. The van der Waals surface area contributed by atoms with Crippen LogP contribution in [0.3, 0.4) is 0 Å². The summed E-state index contributed by atoms with van der Waals surface area (Å²) in [6.45, 7) is -0.413. The quantitative estimate of drug-likeness (QED) is 0.391. The van der Waals surface area contributed by atoms with Crippen LogP contribution in [-0.2, 0) is 17.4 Å². The highest BCUT2D eigenvalue weighted by atomic mass is 35.5. The topological polar surface area (TPSA) is 118 Å². The van der Waals surface area contributed by atoms with E-state index in [0.29, 0.717) is 37.9 Å². The molecule has 2 aromatic carbocycles. The molecule has 0 radical (unpaired) electrons. The lowest BCUT2D eigenvalue weighted by molar-refractivity contribution is 0.0955. The number of benzene rings is 2. The molecule has 0 spiro atoms. The molecule has 0 aliphatic heterocycles. The molecule has 2 aromatic heterocycles. The van der Waals surface area contributed by atoms with Gasteiger partial charge in [0.15, 0.2) is 16.8 Å². The Labute approximate surface area is 184 Å². The minimum Gasteiger partial charge on any atom is -0.394 e. The van der Waals surface area contributed by atoms with Crippen molar-refractivity contribution in [1.82, 2.24) is 9.72 Å². The SMILES string of the molecule is O=c1ccc2cc(S(=O)Nc3ccon3)ccc2n1-c1ccc(Cl)cc1CC(O)CO. The predicted molar refractivity (Wildman–Crippen MR) is 118 cm³/mol. The average molecular weight is 460 g/mol. The first kappa shape index (κ1) is 21.3. The Morgan fingerprint density at radius 2 is 2.00 bits per heavy atom. The van der Waals surface area contributed by atoms with Crippen LogP contribution in [0.25, 0.3) is 16.6 Å². The molecule has 2 heterocycles. The van der Waals surface area contributed by atoms with Crippen molar-refractivity contribution in [3.63, 3.8) is 0 Å². The molecular weight excluding hydrogens is 442 g/mol. The van der Waals surface area contributed by atoms with Gasteiger partial charge in [0.2, 0.25) is 0 Å². The monoisotopic (exact) mass is 459 g/mol. The number of anilines is 1. The van der Waals surface area contributed by atoms with Crippen LogP contribution >= 0.6 is 11.6 Å². The number of nitrogens with zero attached hydrogens (tertiary/aromatic N) is 2. The van der Waals surface area contributed by atoms with Gasteiger partial charge < -0.3 is 14.7 Å². The molecule has 0 aliphatic carbocycles. The summed E-state index contributed by atoms with van der Waals surface area (Å²) in [5, 5.41) is 24.0. The van der Waals surface area contributed by atoms with Crippen molar-refractivity contribution in [2.75, 3.05) is 11.3 Å². The van der Waals surface area contributed by atoms with Gasteiger partial charge >= 0.3 is 0 Å². The molecule has 4 aromatic rings. The van der Waals surface area contributed by atoms with E-state index >= 15 is 0 Å². The van der Waals surface area contributed by atoms with Gasteiger partial charge in [-0.1, -0.05) is 16.8 Å². The van der Waals surface area contributed by atoms with E-state index in [2.05, 4.69) is 9.88 Å². The van der Waals surface area contributed by atoms with Crippen molar-refractivity contribution >= 4 is 39.3 Å². The van der Waals surface area contributed by atoms with Gasteiger partial charge in [0.25, 0.3) is 5.56 Å². The lowest BCUT2D eigenvalue weighted by atomic mass is 10.0. The number of aliphatic hydroxyl groups is 2. The Bertz CT molecular complexity index is 1310. The summed E-state index contributed by atoms with van der Waals surface area (Å²) in [5.74, 6) is 0.344. The van der Waals surface area contributed by atoms with E-state index in [1.165, 1.54) is 16.9 Å². The molecule has 10 heteroatoms. The average Bonchev–Trinajstić information content (AvgIpc) is 3.27. The second-order valence-electron chi connectivity index (χ2n) is 6.80. The van der Waals surface area contributed by atoms with Gasteiger partial charge in [-0.05, 0) is 48.0 Å². The van der Waals surface area contributed by atoms with Gasteiger partial charge in [-0.3, -0.25) is 14.1 Å². The number of aliphatic hydroxyl groups excluding tert-OH is 2. The molecule has 0 bridgehead atoms. The number of hydrogen-bond donors (Lipinski definition) is 3. The first-order chi connectivity index (χ1) is 15.0. The van der Waals surface area contributed by atoms with Crippen LogP contribution in [0.4, 0.5) is 5.82 Å². The van der Waals surface area contributed by atoms with Gasteiger partial charge in [-0.2, -0.15) is 0 Å². The number of fused-ring (bicyclic) bond motifs is 1. The van der Waals surface area contributed by atoms with Crippen molar-refractivity contribution in [3.8, 4) is 5.69 Å². The van der Waals surface area contributed by atoms with Gasteiger partial charge in [-0.15, -0.1) is 0 Å². The Hall–Kier alpha value is -2.98. The summed E-state index contributed by atoms with van der Waals surface area (Å²) >= 11 is 6.12. The zero-order valence-electron chi connectivity index (χ0n) is 16.1. The molecule has 31 heavy (non-hydrogen) atoms. The van der Waals surface area contributed by atoms with E-state index < -0.39 is 23.7 Å². The number of nitrogens with one attached hydrogen (secondary N) is 1. The van der Waals surface area contributed by atoms with Crippen molar-refractivity contribution in [3.05, 3.63) is 81.8 Å². The zero-order valence-corrected chi connectivity index (χ0v) is 17.6. The van der Waals surface area contributed by atoms with Gasteiger partial charge in [0.05, 0.1) is 28.8 Å². The first-order valence-corrected chi connectivity index (χ1v) is 10.8. The highest BCUT2D eigenvalue weighted by Gasteiger charge is 2.15. The lowest BCUT2D eigenvalue weighted by Crippen LogP contribution is -2.21. The number of halogens is 1. The maximum Gasteiger partial charge on any atom is 0.255 e. The minimum atomic E-state index is -1.58. The smallest absolute Gasteiger partial charge is 0.255 e. The summed E-state index contributed by atoms with van der Waals surface area (Å²) in [7, 11) is -1.58. The van der Waals surface area contributed by atoms with Crippen LogP contribution in [0.15, 0.2) is 75.1 Å². The molecule has 0 saturated carbocycles. The van der Waals surface area contributed by atoms with E-state index in [1.807, 2.05) is 0 Å². The molecule has 3 N–H and O–H groups in total.